The minimum Gasteiger partial charge on any atom is -0.480 e. The maximum atomic E-state index is 13.1. The highest BCUT2D eigenvalue weighted by atomic mass is 19.1. The van der Waals surface area contributed by atoms with Crippen molar-refractivity contribution in [3.63, 3.8) is 0 Å². The fourth-order valence-corrected chi connectivity index (χ4v) is 2.12. The molecule has 0 aliphatic carbocycles. The van der Waals surface area contributed by atoms with Gasteiger partial charge in [0.25, 0.3) is 0 Å². The number of rotatable bonds is 7. The molecule has 1 aromatic rings. The summed E-state index contributed by atoms with van der Waals surface area (Å²) < 4.78 is 13.1. The van der Waals surface area contributed by atoms with Crippen LogP contribution in [0.1, 0.15) is 32.8 Å². The van der Waals surface area contributed by atoms with Crippen molar-refractivity contribution in [2.45, 2.75) is 39.7 Å². The first-order valence-corrected chi connectivity index (χ1v) is 7.07. The molecule has 2 N–H and O–H groups in total. The quantitative estimate of drug-likeness (QED) is 0.812. The maximum Gasteiger partial charge on any atom is 0.326 e. The van der Waals surface area contributed by atoms with Crippen molar-refractivity contribution in [2.75, 3.05) is 0 Å². The van der Waals surface area contributed by atoms with Crippen molar-refractivity contribution in [2.24, 2.45) is 11.8 Å². The van der Waals surface area contributed by atoms with E-state index in [1.807, 2.05) is 13.8 Å². The SMILES string of the molecule is CC(C)C[C@H](NC(=O)C(C)Cc1cccc(F)c1)C(=O)O. The molecular formula is C16H22FNO3. The van der Waals surface area contributed by atoms with Gasteiger partial charge in [-0.05, 0) is 36.5 Å². The molecule has 0 aliphatic heterocycles. The molecule has 4 nitrogen and oxygen atoms in total. The van der Waals surface area contributed by atoms with Gasteiger partial charge in [-0.2, -0.15) is 0 Å². The van der Waals surface area contributed by atoms with Gasteiger partial charge >= 0.3 is 5.97 Å². The lowest BCUT2D eigenvalue weighted by Gasteiger charge is -2.19. The van der Waals surface area contributed by atoms with E-state index in [9.17, 15) is 14.0 Å². The molecule has 1 amide bonds. The highest BCUT2D eigenvalue weighted by Gasteiger charge is 2.23. The second-order valence-electron chi connectivity index (χ2n) is 5.76. The Morgan fingerprint density at radius 1 is 1.29 bits per heavy atom. The van der Waals surface area contributed by atoms with Gasteiger partial charge in [0.2, 0.25) is 5.91 Å². The molecule has 21 heavy (non-hydrogen) atoms. The Morgan fingerprint density at radius 2 is 1.95 bits per heavy atom. The minimum absolute atomic E-state index is 0.171. The van der Waals surface area contributed by atoms with Gasteiger partial charge in [0, 0.05) is 5.92 Å². The Morgan fingerprint density at radius 3 is 2.48 bits per heavy atom. The Balaban J connectivity index is 2.62. The number of aliphatic carboxylic acids is 1. The number of hydrogen-bond donors (Lipinski definition) is 2. The normalized spacial score (nSPS) is 13.8. The van der Waals surface area contributed by atoms with Crippen LogP contribution < -0.4 is 5.32 Å². The molecule has 2 atom stereocenters. The summed E-state index contributed by atoms with van der Waals surface area (Å²) in [5, 5.41) is 11.7. The van der Waals surface area contributed by atoms with Crippen molar-refractivity contribution in [1.29, 1.82) is 0 Å². The first-order valence-electron chi connectivity index (χ1n) is 7.07. The summed E-state index contributed by atoms with van der Waals surface area (Å²) in [5.41, 5.74) is 0.716. The fourth-order valence-electron chi connectivity index (χ4n) is 2.12. The highest BCUT2D eigenvalue weighted by molar-refractivity contribution is 5.84. The molecule has 0 fully saturated rings. The van der Waals surface area contributed by atoms with Gasteiger partial charge < -0.3 is 10.4 Å². The lowest BCUT2D eigenvalue weighted by atomic mass is 9.98. The molecular weight excluding hydrogens is 273 g/mol. The molecule has 0 aromatic heterocycles. The van der Waals surface area contributed by atoms with Crippen LogP contribution in [0.4, 0.5) is 4.39 Å². The molecule has 116 valence electrons. The number of halogens is 1. The van der Waals surface area contributed by atoms with Crippen LogP contribution >= 0.6 is 0 Å². The van der Waals surface area contributed by atoms with E-state index in [1.54, 1.807) is 19.1 Å². The molecule has 1 aromatic carbocycles. The van der Waals surface area contributed by atoms with Crippen LogP contribution in [0.15, 0.2) is 24.3 Å². The Hall–Kier alpha value is -1.91. The highest BCUT2D eigenvalue weighted by Crippen LogP contribution is 2.12. The van der Waals surface area contributed by atoms with E-state index >= 15 is 0 Å². The van der Waals surface area contributed by atoms with E-state index in [0.29, 0.717) is 18.4 Å². The lowest BCUT2D eigenvalue weighted by Crippen LogP contribution is -2.44. The van der Waals surface area contributed by atoms with Gasteiger partial charge in [0.05, 0.1) is 0 Å². The molecule has 0 saturated heterocycles. The summed E-state index contributed by atoms with van der Waals surface area (Å²) in [7, 11) is 0. The number of benzene rings is 1. The van der Waals surface area contributed by atoms with Crippen LogP contribution in [0.3, 0.4) is 0 Å². The van der Waals surface area contributed by atoms with Crippen LogP contribution in [0.5, 0.6) is 0 Å². The average molecular weight is 295 g/mol. The first-order chi connectivity index (χ1) is 9.79. The second-order valence-corrected chi connectivity index (χ2v) is 5.76. The van der Waals surface area contributed by atoms with Crippen LogP contribution in [0, 0.1) is 17.7 Å². The van der Waals surface area contributed by atoms with E-state index in [2.05, 4.69) is 5.32 Å². The summed E-state index contributed by atoms with van der Waals surface area (Å²) in [6.07, 6.45) is 0.755. The van der Waals surface area contributed by atoms with Crippen LogP contribution in [-0.4, -0.2) is 23.0 Å². The summed E-state index contributed by atoms with van der Waals surface area (Å²) in [6, 6.07) is 5.18. The maximum absolute atomic E-state index is 13.1. The smallest absolute Gasteiger partial charge is 0.326 e. The molecule has 1 rings (SSSR count). The second kappa shape index (κ2) is 7.76. The van der Waals surface area contributed by atoms with E-state index < -0.39 is 17.9 Å². The van der Waals surface area contributed by atoms with Gasteiger partial charge in [-0.25, -0.2) is 9.18 Å². The molecule has 0 bridgehead atoms. The number of amides is 1. The molecule has 0 radical (unpaired) electrons. The van der Waals surface area contributed by atoms with Gasteiger partial charge in [0.1, 0.15) is 11.9 Å². The number of carboxylic acid groups (broad SMARTS) is 1. The molecule has 0 spiro atoms. The molecule has 1 unspecified atom stereocenters. The summed E-state index contributed by atoms with van der Waals surface area (Å²) in [5.74, 6) is -1.95. The minimum atomic E-state index is -1.03. The van der Waals surface area contributed by atoms with Crippen molar-refractivity contribution in [3.05, 3.63) is 35.6 Å². The monoisotopic (exact) mass is 295 g/mol. The Bertz CT molecular complexity index is 502. The predicted octanol–water partition coefficient (Wildman–Crippen LogP) is 2.62. The first kappa shape index (κ1) is 17.1. The third-order valence-electron chi connectivity index (χ3n) is 3.20. The molecule has 0 aliphatic rings. The predicted molar refractivity (Wildman–Crippen MR) is 78.3 cm³/mol. The summed E-state index contributed by atoms with van der Waals surface area (Å²) in [4.78, 5) is 23.2. The molecule has 5 heteroatoms. The summed E-state index contributed by atoms with van der Waals surface area (Å²) in [6.45, 7) is 5.51. The van der Waals surface area contributed by atoms with Crippen LogP contribution in [0.25, 0.3) is 0 Å². The third-order valence-corrected chi connectivity index (χ3v) is 3.20. The number of nitrogens with one attached hydrogen (secondary N) is 1. The van der Waals surface area contributed by atoms with E-state index in [1.165, 1.54) is 12.1 Å². The van der Waals surface area contributed by atoms with Gasteiger partial charge in [-0.15, -0.1) is 0 Å². The molecule has 0 saturated carbocycles. The van der Waals surface area contributed by atoms with Gasteiger partial charge in [-0.3, -0.25) is 4.79 Å². The van der Waals surface area contributed by atoms with Gasteiger partial charge in [0.15, 0.2) is 0 Å². The lowest BCUT2D eigenvalue weighted by molar-refractivity contribution is -0.142. The number of carboxylic acids is 1. The van der Waals surface area contributed by atoms with Crippen molar-refractivity contribution in [1.82, 2.24) is 5.32 Å². The van der Waals surface area contributed by atoms with Crippen molar-refractivity contribution < 1.29 is 19.1 Å². The summed E-state index contributed by atoms with van der Waals surface area (Å²) >= 11 is 0. The zero-order valence-corrected chi connectivity index (χ0v) is 12.6. The molecule has 0 heterocycles. The zero-order chi connectivity index (χ0) is 16.0. The zero-order valence-electron chi connectivity index (χ0n) is 12.6. The Kier molecular flexibility index (Phi) is 6.34. The Labute approximate surface area is 124 Å². The van der Waals surface area contributed by atoms with E-state index in [0.717, 1.165) is 0 Å². The van der Waals surface area contributed by atoms with Crippen LogP contribution in [0.2, 0.25) is 0 Å². The number of carbonyl (C=O) groups is 2. The largest absolute Gasteiger partial charge is 0.480 e. The van der Waals surface area contributed by atoms with Gasteiger partial charge in [-0.1, -0.05) is 32.9 Å². The number of carbonyl (C=O) groups excluding carboxylic acids is 1. The van der Waals surface area contributed by atoms with Crippen molar-refractivity contribution >= 4 is 11.9 Å². The van der Waals surface area contributed by atoms with E-state index in [4.69, 9.17) is 5.11 Å². The number of hydrogen-bond acceptors (Lipinski definition) is 2. The standard InChI is InChI=1S/C16H22FNO3/c1-10(2)7-14(16(20)21)18-15(19)11(3)8-12-5-4-6-13(17)9-12/h4-6,9-11,14H,7-8H2,1-3H3,(H,18,19)(H,20,21)/t11?,14-/m0/s1. The fraction of sp³-hybridized carbons (Fsp3) is 0.500. The average Bonchev–Trinajstić information content (AvgIpc) is 2.37. The van der Waals surface area contributed by atoms with Crippen LogP contribution in [-0.2, 0) is 16.0 Å². The van der Waals surface area contributed by atoms with Crippen molar-refractivity contribution in [3.8, 4) is 0 Å². The third kappa shape index (κ3) is 5.94. The topological polar surface area (TPSA) is 66.4 Å². The van der Waals surface area contributed by atoms with E-state index in [-0.39, 0.29) is 17.6 Å².